The summed E-state index contributed by atoms with van der Waals surface area (Å²) in [6.07, 6.45) is 1.81. The van der Waals surface area contributed by atoms with Crippen LogP contribution in [-0.4, -0.2) is 12.6 Å². The molecule has 2 rings (SSSR count). The predicted molar refractivity (Wildman–Crippen MR) is 77.9 cm³/mol. The minimum atomic E-state index is -0.281. The van der Waals surface area contributed by atoms with Gasteiger partial charge in [0.15, 0.2) is 0 Å². The third-order valence-electron chi connectivity index (χ3n) is 2.88. The Hall–Kier alpha value is -2.35. The van der Waals surface area contributed by atoms with Crippen LogP contribution in [-0.2, 0) is 4.74 Å². The lowest BCUT2D eigenvalue weighted by Gasteiger charge is -2.05. The maximum Gasteiger partial charge on any atom is 0.338 e. The maximum atomic E-state index is 11.5. The Kier molecular flexibility index (Phi) is 4.14. The third-order valence-corrected chi connectivity index (χ3v) is 2.88. The van der Waals surface area contributed by atoms with Crippen molar-refractivity contribution in [3.63, 3.8) is 0 Å². The minimum absolute atomic E-state index is 0.281. The van der Waals surface area contributed by atoms with Crippen molar-refractivity contribution in [1.29, 1.82) is 0 Å². The first-order chi connectivity index (χ1) is 9.24. The van der Waals surface area contributed by atoms with Crippen LogP contribution in [0.25, 0.3) is 17.2 Å². The Morgan fingerprint density at radius 3 is 2.05 bits per heavy atom. The van der Waals surface area contributed by atoms with Gasteiger partial charge in [-0.2, -0.15) is 0 Å². The topological polar surface area (TPSA) is 26.3 Å². The van der Waals surface area contributed by atoms with Gasteiger partial charge in [0.2, 0.25) is 0 Å². The zero-order valence-electron chi connectivity index (χ0n) is 10.9. The van der Waals surface area contributed by atoms with Crippen LogP contribution in [0.5, 0.6) is 0 Å². The maximum absolute atomic E-state index is 11.5. The van der Waals surface area contributed by atoms with E-state index >= 15 is 0 Å². The SMILES string of the molecule is C=Cc1ccc(-c2ccc(C(=O)OCC)cc2)cc1. The summed E-state index contributed by atoms with van der Waals surface area (Å²) in [5.41, 5.74) is 3.85. The van der Waals surface area contributed by atoms with Gasteiger partial charge in [0, 0.05) is 0 Å². The van der Waals surface area contributed by atoms with Crippen molar-refractivity contribution in [3.05, 3.63) is 66.2 Å². The molecule has 0 heterocycles. The summed E-state index contributed by atoms with van der Waals surface area (Å²) in [5, 5.41) is 0. The monoisotopic (exact) mass is 252 g/mol. The van der Waals surface area contributed by atoms with Crippen LogP contribution in [0.4, 0.5) is 0 Å². The second kappa shape index (κ2) is 6.01. The molecule has 2 heteroatoms. The van der Waals surface area contributed by atoms with Crippen LogP contribution in [0.1, 0.15) is 22.8 Å². The van der Waals surface area contributed by atoms with E-state index in [1.54, 1.807) is 19.1 Å². The van der Waals surface area contributed by atoms with Crippen LogP contribution in [0.3, 0.4) is 0 Å². The molecule has 19 heavy (non-hydrogen) atoms. The fourth-order valence-electron chi connectivity index (χ4n) is 1.82. The second-order valence-corrected chi connectivity index (χ2v) is 4.12. The zero-order valence-corrected chi connectivity index (χ0v) is 10.9. The first-order valence-electron chi connectivity index (χ1n) is 6.24. The number of hydrogen-bond acceptors (Lipinski definition) is 2. The van der Waals surface area contributed by atoms with E-state index in [1.165, 1.54) is 0 Å². The lowest BCUT2D eigenvalue weighted by Crippen LogP contribution is -2.03. The Balaban J connectivity index is 2.21. The predicted octanol–water partition coefficient (Wildman–Crippen LogP) is 4.17. The van der Waals surface area contributed by atoms with Gasteiger partial charge in [-0.25, -0.2) is 4.79 Å². The molecule has 0 aliphatic rings. The van der Waals surface area contributed by atoms with Crippen molar-refractivity contribution < 1.29 is 9.53 Å². The van der Waals surface area contributed by atoms with E-state index in [9.17, 15) is 4.79 Å². The highest BCUT2D eigenvalue weighted by Crippen LogP contribution is 2.21. The molecule has 96 valence electrons. The van der Waals surface area contributed by atoms with Gasteiger partial charge in [0.1, 0.15) is 0 Å². The van der Waals surface area contributed by atoms with Gasteiger partial charge < -0.3 is 4.74 Å². The summed E-state index contributed by atoms with van der Waals surface area (Å²) in [6.45, 7) is 5.92. The van der Waals surface area contributed by atoms with Gasteiger partial charge in [-0.1, -0.05) is 49.1 Å². The molecule has 0 bridgehead atoms. The molecule has 2 aromatic rings. The summed E-state index contributed by atoms with van der Waals surface area (Å²) < 4.78 is 4.95. The normalized spacial score (nSPS) is 9.95. The average Bonchev–Trinajstić information content (AvgIpc) is 2.48. The Labute approximate surface area is 113 Å². The summed E-state index contributed by atoms with van der Waals surface area (Å²) in [4.78, 5) is 11.5. The molecule has 0 N–H and O–H groups in total. The first-order valence-corrected chi connectivity index (χ1v) is 6.24. The molecule has 0 aliphatic carbocycles. The average molecular weight is 252 g/mol. The molecule has 0 saturated heterocycles. The minimum Gasteiger partial charge on any atom is -0.462 e. The largest absolute Gasteiger partial charge is 0.462 e. The van der Waals surface area contributed by atoms with Crippen LogP contribution < -0.4 is 0 Å². The number of ether oxygens (including phenoxy) is 1. The fraction of sp³-hybridized carbons (Fsp3) is 0.118. The second-order valence-electron chi connectivity index (χ2n) is 4.12. The third kappa shape index (κ3) is 3.10. The molecule has 0 fully saturated rings. The van der Waals surface area contributed by atoms with Crippen molar-refractivity contribution in [3.8, 4) is 11.1 Å². The zero-order chi connectivity index (χ0) is 13.7. The highest BCUT2D eigenvalue weighted by Gasteiger charge is 2.06. The van der Waals surface area contributed by atoms with Crippen LogP contribution in [0.2, 0.25) is 0 Å². The molecule has 0 amide bonds. The van der Waals surface area contributed by atoms with Gasteiger partial charge in [0.25, 0.3) is 0 Å². The molecular formula is C17H16O2. The lowest BCUT2D eigenvalue weighted by atomic mass is 10.0. The Morgan fingerprint density at radius 2 is 1.58 bits per heavy atom. The number of benzene rings is 2. The fourth-order valence-corrected chi connectivity index (χ4v) is 1.82. The van der Waals surface area contributed by atoms with E-state index in [2.05, 4.69) is 6.58 Å². The molecule has 0 radical (unpaired) electrons. The van der Waals surface area contributed by atoms with E-state index in [0.717, 1.165) is 16.7 Å². The van der Waals surface area contributed by atoms with Crippen molar-refractivity contribution in [2.75, 3.05) is 6.61 Å². The van der Waals surface area contributed by atoms with E-state index in [0.29, 0.717) is 12.2 Å². The molecule has 0 aromatic heterocycles. The van der Waals surface area contributed by atoms with E-state index in [-0.39, 0.29) is 5.97 Å². The molecule has 0 unspecified atom stereocenters. The number of carbonyl (C=O) groups is 1. The molecule has 0 spiro atoms. The van der Waals surface area contributed by atoms with Gasteiger partial charge >= 0.3 is 5.97 Å². The number of carbonyl (C=O) groups excluding carboxylic acids is 1. The molecule has 0 aliphatic heterocycles. The molecule has 0 atom stereocenters. The van der Waals surface area contributed by atoms with Gasteiger partial charge in [0.05, 0.1) is 12.2 Å². The van der Waals surface area contributed by atoms with Crippen molar-refractivity contribution in [2.45, 2.75) is 6.92 Å². The van der Waals surface area contributed by atoms with Gasteiger partial charge in [-0.05, 0) is 35.7 Å². The molecular weight excluding hydrogens is 236 g/mol. The number of rotatable bonds is 4. The molecule has 2 nitrogen and oxygen atoms in total. The molecule has 2 aromatic carbocycles. The Bertz CT molecular complexity index is 565. The summed E-state index contributed by atoms with van der Waals surface area (Å²) in [6, 6.07) is 15.5. The van der Waals surface area contributed by atoms with E-state index in [1.807, 2.05) is 42.5 Å². The standard InChI is InChI=1S/C17H16O2/c1-3-13-5-7-14(8-6-13)15-9-11-16(12-10-15)17(18)19-4-2/h3,5-12H,1,4H2,2H3. The van der Waals surface area contributed by atoms with Crippen LogP contribution >= 0.6 is 0 Å². The summed E-state index contributed by atoms with van der Waals surface area (Å²) in [5.74, 6) is -0.281. The summed E-state index contributed by atoms with van der Waals surface area (Å²) in [7, 11) is 0. The van der Waals surface area contributed by atoms with Crippen molar-refractivity contribution in [2.24, 2.45) is 0 Å². The quantitative estimate of drug-likeness (QED) is 0.763. The Morgan fingerprint density at radius 1 is 1.05 bits per heavy atom. The molecule has 0 saturated carbocycles. The highest BCUT2D eigenvalue weighted by molar-refractivity contribution is 5.90. The van der Waals surface area contributed by atoms with Crippen molar-refractivity contribution >= 4 is 12.0 Å². The smallest absolute Gasteiger partial charge is 0.338 e. The highest BCUT2D eigenvalue weighted by atomic mass is 16.5. The van der Waals surface area contributed by atoms with E-state index < -0.39 is 0 Å². The first kappa shape index (κ1) is 13.1. The van der Waals surface area contributed by atoms with Crippen LogP contribution in [0, 0.1) is 0 Å². The lowest BCUT2D eigenvalue weighted by molar-refractivity contribution is 0.0526. The number of hydrogen-bond donors (Lipinski definition) is 0. The van der Waals surface area contributed by atoms with Gasteiger partial charge in [-0.15, -0.1) is 0 Å². The van der Waals surface area contributed by atoms with E-state index in [4.69, 9.17) is 4.74 Å². The van der Waals surface area contributed by atoms with Crippen LogP contribution in [0.15, 0.2) is 55.1 Å². The van der Waals surface area contributed by atoms with Gasteiger partial charge in [-0.3, -0.25) is 0 Å². The number of esters is 1. The summed E-state index contributed by atoms with van der Waals surface area (Å²) >= 11 is 0. The van der Waals surface area contributed by atoms with Crippen molar-refractivity contribution in [1.82, 2.24) is 0 Å².